The quantitative estimate of drug-likeness (QED) is 0.709. The molecule has 176 valence electrons. The van der Waals surface area contributed by atoms with E-state index >= 15 is 0 Å². The first-order valence-corrected chi connectivity index (χ1v) is 12.5. The van der Waals surface area contributed by atoms with E-state index in [1.165, 1.54) is 19.2 Å². The number of nitrogens with zero attached hydrogens (tertiary/aromatic N) is 4. The minimum Gasteiger partial charge on any atom is -0.355 e. The molecule has 9 heteroatoms. The van der Waals surface area contributed by atoms with Crippen LogP contribution >= 0.6 is 11.3 Å². The highest BCUT2D eigenvalue weighted by molar-refractivity contribution is 7.18. The van der Waals surface area contributed by atoms with Gasteiger partial charge < -0.3 is 10.2 Å². The van der Waals surface area contributed by atoms with Gasteiger partial charge in [0.15, 0.2) is 0 Å². The summed E-state index contributed by atoms with van der Waals surface area (Å²) in [6.45, 7) is 11.0. The van der Waals surface area contributed by atoms with E-state index in [1.807, 2.05) is 0 Å². The van der Waals surface area contributed by atoms with Crippen LogP contribution in [-0.4, -0.2) is 66.4 Å². The molecular weight excluding hydrogens is 435 g/mol. The summed E-state index contributed by atoms with van der Waals surface area (Å²) in [4.78, 5) is 14.7. The highest BCUT2D eigenvalue weighted by atomic mass is 32.1. The lowest BCUT2D eigenvalue weighted by Crippen LogP contribution is -2.64. The Morgan fingerprint density at radius 2 is 1.94 bits per heavy atom. The highest BCUT2D eigenvalue weighted by Gasteiger charge is 2.51. The van der Waals surface area contributed by atoms with Gasteiger partial charge in [0.25, 0.3) is 0 Å². The zero-order chi connectivity index (χ0) is 22.5. The second-order valence-electron chi connectivity index (χ2n) is 10.3. The van der Waals surface area contributed by atoms with Crippen molar-refractivity contribution >= 4 is 27.4 Å². The Balaban J connectivity index is 1.28. The SMILES string of the molecule is CC(C)C(C1CCNCC1)N1CC2(CCN(c3ncnc4sc(CC(F)(F)F)cc34)C2)C1. The number of aromatic nitrogens is 2. The van der Waals surface area contributed by atoms with Gasteiger partial charge in [0.05, 0.1) is 11.8 Å². The van der Waals surface area contributed by atoms with E-state index in [0.717, 1.165) is 74.1 Å². The Morgan fingerprint density at radius 3 is 2.62 bits per heavy atom. The third kappa shape index (κ3) is 4.35. The van der Waals surface area contributed by atoms with Crippen LogP contribution in [0.5, 0.6) is 0 Å². The standard InChI is InChI=1S/C23H32F3N5S/c1-15(2)19(16-3-6-27-7-4-16)31-12-22(13-31)5-8-30(11-22)20-18-9-17(10-23(24,25)26)32-21(18)29-14-28-20/h9,14-16,19,27H,3-8,10-13H2,1-2H3. The Morgan fingerprint density at radius 1 is 1.19 bits per heavy atom. The second kappa shape index (κ2) is 8.40. The molecule has 0 amide bonds. The van der Waals surface area contributed by atoms with Crippen molar-refractivity contribution < 1.29 is 13.2 Å². The number of hydrogen-bond donors (Lipinski definition) is 1. The van der Waals surface area contributed by atoms with Gasteiger partial charge in [0.1, 0.15) is 17.0 Å². The zero-order valence-corrected chi connectivity index (χ0v) is 19.6. The topological polar surface area (TPSA) is 44.3 Å². The fourth-order valence-electron chi connectivity index (χ4n) is 6.28. The van der Waals surface area contributed by atoms with Crippen LogP contribution < -0.4 is 10.2 Å². The van der Waals surface area contributed by atoms with Gasteiger partial charge in [-0.05, 0) is 50.3 Å². The zero-order valence-electron chi connectivity index (χ0n) is 18.8. The van der Waals surface area contributed by atoms with E-state index in [4.69, 9.17) is 0 Å². The second-order valence-corrected chi connectivity index (χ2v) is 11.4. The Hall–Kier alpha value is -1.45. The van der Waals surface area contributed by atoms with E-state index in [-0.39, 0.29) is 5.41 Å². The summed E-state index contributed by atoms with van der Waals surface area (Å²) in [7, 11) is 0. The first kappa shape index (κ1) is 22.3. The molecule has 0 bridgehead atoms. The third-order valence-corrected chi connectivity index (χ3v) is 8.56. The van der Waals surface area contributed by atoms with Crippen molar-refractivity contribution in [2.24, 2.45) is 17.3 Å². The average Bonchev–Trinajstić information content (AvgIpc) is 3.31. The van der Waals surface area contributed by atoms with Crippen molar-refractivity contribution in [3.63, 3.8) is 0 Å². The Bertz CT molecular complexity index is 947. The van der Waals surface area contributed by atoms with Crippen molar-refractivity contribution in [2.45, 2.75) is 51.7 Å². The predicted octanol–water partition coefficient (Wildman–Crippen LogP) is 4.33. The van der Waals surface area contributed by atoms with E-state index in [0.29, 0.717) is 21.7 Å². The average molecular weight is 468 g/mol. The summed E-state index contributed by atoms with van der Waals surface area (Å²) < 4.78 is 38.6. The molecule has 1 atom stereocenters. The normalized spacial score (nSPS) is 23.4. The van der Waals surface area contributed by atoms with Crippen LogP contribution in [-0.2, 0) is 6.42 Å². The minimum absolute atomic E-state index is 0.280. The van der Waals surface area contributed by atoms with Gasteiger partial charge in [-0.2, -0.15) is 13.2 Å². The van der Waals surface area contributed by atoms with Crippen LogP contribution in [0.3, 0.4) is 0 Å². The molecule has 1 unspecified atom stereocenters. The first-order valence-electron chi connectivity index (χ1n) is 11.7. The molecule has 5 nitrogen and oxygen atoms in total. The van der Waals surface area contributed by atoms with Gasteiger partial charge in [-0.1, -0.05) is 13.8 Å². The van der Waals surface area contributed by atoms with Crippen LogP contribution in [0.25, 0.3) is 10.2 Å². The maximum Gasteiger partial charge on any atom is 0.393 e. The Kier molecular flexibility index (Phi) is 5.87. The lowest BCUT2D eigenvalue weighted by molar-refractivity contribution is -0.126. The molecule has 1 spiro atoms. The summed E-state index contributed by atoms with van der Waals surface area (Å²) in [6.07, 6.45) is 0.0231. The summed E-state index contributed by atoms with van der Waals surface area (Å²) in [5.74, 6) is 2.21. The Labute approximate surface area is 191 Å². The lowest BCUT2D eigenvalue weighted by Gasteiger charge is -2.55. The fourth-order valence-corrected chi connectivity index (χ4v) is 7.30. The molecular formula is C23H32F3N5S. The maximum atomic E-state index is 12.9. The van der Waals surface area contributed by atoms with Crippen LogP contribution in [0.1, 0.15) is 38.0 Å². The van der Waals surface area contributed by atoms with Gasteiger partial charge in [-0.15, -0.1) is 11.3 Å². The summed E-state index contributed by atoms with van der Waals surface area (Å²) in [5.41, 5.74) is 0.280. The predicted molar refractivity (Wildman–Crippen MR) is 122 cm³/mol. The molecule has 3 fully saturated rings. The van der Waals surface area contributed by atoms with Crippen molar-refractivity contribution in [1.29, 1.82) is 0 Å². The third-order valence-electron chi connectivity index (χ3n) is 7.52. The molecule has 3 aliphatic rings. The number of thiophene rings is 1. The summed E-state index contributed by atoms with van der Waals surface area (Å²) in [6, 6.07) is 2.29. The molecule has 5 rings (SSSR count). The van der Waals surface area contributed by atoms with Crippen LogP contribution in [0, 0.1) is 17.3 Å². The van der Waals surface area contributed by atoms with Crippen LogP contribution in [0.2, 0.25) is 0 Å². The largest absolute Gasteiger partial charge is 0.393 e. The number of fused-ring (bicyclic) bond motifs is 1. The minimum atomic E-state index is -4.21. The molecule has 0 aliphatic carbocycles. The van der Waals surface area contributed by atoms with Gasteiger partial charge in [-0.3, -0.25) is 4.90 Å². The smallest absolute Gasteiger partial charge is 0.355 e. The molecule has 5 heterocycles. The summed E-state index contributed by atoms with van der Waals surface area (Å²) in [5, 5.41) is 4.25. The molecule has 0 saturated carbocycles. The molecule has 3 saturated heterocycles. The van der Waals surface area contributed by atoms with Crippen molar-refractivity contribution in [1.82, 2.24) is 20.2 Å². The molecule has 0 radical (unpaired) electrons. The fraction of sp³-hybridized carbons (Fsp3) is 0.739. The molecule has 3 aliphatic heterocycles. The molecule has 32 heavy (non-hydrogen) atoms. The van der Waals surface area contributed by atoms with Gasteiger partial charge >= 0.3 is 6.18 Å². The van der Waals surface area contributed by atoms with E-state index in [9.17, 15) is 13.2 Å². The molecule has 1 N–H and O–H groups in total. The molecule has 0 aromatic carbocycles. The summed E-state index contributed by atoms with van der Waals surface area (Å²) >= 11 is 1.13. The number of piperidine rings is 1. The highest BCUT2D eigenvalue weighted by Crippen LogP contribution is 2.45. The van der Waals surface area contributed by atoms with Gasteiger partial charge in [-0.25, -0.2) is 9.97 Å². The van der Waals surface area contributed by atoms with Crippen LogP contribution in [0.4, 0.5) is 19.0 Å². The van der Waals surface area contributed by atoms with Gasteiger partial charge in [0, 0.05) is 42.5 Å². The first-order chi connectivity index (χ1) is 15.2. The molecule has 2 aromatic rings. The van der Waals surface area contributed by atoms with Crippen molar-refractivity contribution in [3.8, 4) is 0 Å². The van der Waals surface area contributed by atoms with E-state index in [1.54, 1.807) is 6.07 Å². The van der Waals surface area contributed by atoms with E-state index < -0.39 is 12.6 Å². The number of likely N-dealkylation sites (tertiary alicyclic amines) is 1. The van der Waals surface area contributed by atoms with Crippen molar-refractivity contribution in [2.75, 3.05) is 44.2 Å². The number of nitrogens with one attached hydrogen (secondary N) is 1. The number of alkyl halides is 3. The number of anilines is 1. The number of hydrogen-bond acceptors (Lipinski definition) is 6. The lowest BCUT2D eigenvalue weighted by atomic mass is 9.73. The maximum absolute atomic E-state index is 12.9. The molecule has 2 aromatic heterocycles. The van der Waals surface area contributed by atoms with Crippen molar-refractivity contribution in [3.05, 3.63) is 17.3 Å². The van der Waals surface area contributed by atoms with Gasteiger partial charge in [0.2, 0.25) is 0 Å². The monoisotopic (exact) mass is 467 g/mol. The van der Waals surface area contributed by atoms with Crippen LogP contribution in [0.15, 0.2) is 12.4 Å². The van der Waals surface area contributed by atoms with E-state index in [2.05, 4.69) is 38.9 Å². The number of halogens is 3. The number of rotatable bonds is 5.